The van der Waals surface area contributed by atoms with Crippen molar-refractivity contribution < 1.29 is 4.79 Å². The zero-order valence-corrected chi connectivity index (χ0v) is 12.5. The molecule has 1 aromatic rings. The van der Waals surface area contributed by atoms with Gasteiger partial charge in [0, 0.05) is 29.2 Å². The lowest BCUT2D eigenvalue weighted by Crippen LogP contribution is -2.40. The van der Waals surface area contributed by atoms with Gasteiger partial charge in [-0.25, -0.2) is 0 Å². The molecule has 0 radical (unpaired) electrons. The van der Waals surface area contributed by atoms with E-state index in [1.165, 1.54) is 0 Å². The molecule has 1 heterocycles. The lowest BCUT2D eigenvalue weighted by atomic mass is 10.1. The number of likely N-dealkylation sites (tertiary alicyclic amines) is 1. The largest absolute Gasteiger partial charge is 0.334 e. The van der Waals surface area contributed by atoms with Gasteiger partial charge >= 0.3 is 0 Å². The summed E-state index contributed by atoms with van der Waals surface area (Å²) < 4.78 is 1.05. The number of aryl methyl sites for hydroxylation is 1. The number of carbonyl (C=O) groups excluding carboxylic acids is 1. The highest BCUT2D eigenvalue weighted by Gasteiger charge is 2.28. The van der Waals surface area contributed by atoms with E-state index in [1.54, 1.807) is 0 Å². The standard InChI is InChI=1S/C14H19BrN2O/c1-10-8-11(5-6-13(10)15)14(18)17-7-3-4-12(17)9-16-2/h5-6,8,12,16H,3-4,7,9H2,1-2H3. The molecule has 0 aliphatic carbocycles. The van der Waals surface area contributed by atoms with Crippen LogP contribution >= 0.6 is 15.9 Å². The zero-order chi connectivity index (χ0) is 13.1. The number of nitrogens with zero attached hydrogens (tertiary/aromatic N) is 1. The van der Waals surface area contributed by atoms with Crippen LogP contribution in [0, 0.1) is 6.92 Å². The molecule has 98 valence electrons. The molecule has 18 heavy (non-hydrogen) atoms. The minimum absolute atomic E-state index is 0.156. The highest BCUT2D eigenvalue weighted by atomic mass is 79.9. The van der Waals surface area contributed by atoms with Gasteiger partial charge in [0.15, 0.2) is 0 Å². The number of carbonyl (C=O) groups is 1. The normalized spacial score (nSPS) is 19.3. The second-order valence-corrected chi connectivity index (χ2v) is 5.67. The lowest BCUT2D eigenvalue weighted by molar-refractivity contribution is 0.0737. The maximum Gasteiger partial charge on any atom is 0.254 e. The van der Waals surface area contributed by atoms with Crippen LogP contribution in [0.25, 0.3) is 0 Å². The number of hydrogen-bond donors (Lipinski definition) is 1. The Hall–Kier alpha value is -0.870. The van der Waals surface area contributed by atoms with Crippen molar-refractivity contribution >= 4 is 21.8 Å². The van der Waals surface area contributed by atoms with Crippen molar-refractivity contribution in [1.82, 2.24) is 10.2 Å². The van der Waals surface area contributed by atoms with Gasteiger partial charge < -0.3 is 10.2 Å². The molecule has 1 aliphatic heterocycles. The lowest BCUT2D eigenvalue weighted by Gasteiger charge is -2.24. The van der Waals surface area contributed by atoms with E-state index in [-0.39, 0.29) is 5.91 Å². The van der Waals surface area contributed by atoms with E-state index < -0.39 is 0 Å². The predicted molar refractivity (Wildman–Crippen MR) is 76.9 cm³/mol. The van der Waals surface area contributed by atoms with Crippen LogP contribution < -0.4 is 5.32 Å². The monoisotopic (exact) mass is 310 g/mol. The van der Waals surface area contributed by atoms with E-state index in [9.17, 15) is 4.79 Å². The molecule has 1 N–H and O–H groups in total. The number of benzene rings is 1. The molecular weight excluding hydrogens is 292 g/mol. The summed E-state index contributed by atoms with van der Waals surface area (Å²) >= 11 is 3.46. The summed E-state index contributed by atoms with van der Waals surface area (Å²) in [6.45, 7) is 3.76. The smallest absolute Gasteiger partial charge is 0.254 e. The van der Waals surface area contributed by atoms with Gasteiger partial charge in [0.05, 0.1) is 0 Å². The summed E-state index contributed by atoms with van der Waals surface area (Å²) in [5.41, 5.74) is 1.89. The van der Waals surface area contributed by atoms with Gasteiger partial charge in [-0.05, 0) is 50.6 Å². The molecule has 1 fully saturated rings. The van der Waals surface area contributed by atoms with E-state index in [2.05, 4.69) is 21.2 Å². The number of hydrogen-bond acceptors (Lipinski definition) is 2. The summed E-state index contributed by atoms with van der Waals surface area (Å²) in [4.78, 5) is 14.5. The fraction of sp³-hybridized carbons (Fsp3) is 0.500. The minimum atomic E-state index is 0.156. The fourth-order valence-corrected chi connectivity index (χ4v) is 2.74. The molecule has 1 amide bonds. The first-order valence-corrected chi connectivity index (χ1v) is 7.14. The molecule has 3 nitrogen and oxygen atoms in total. The van der Waals surface area contributed by atoms with Crippen LogP contribution in [0.2, 0.25) is 0 Å². The Morgan fingerprint density at radius 1 is 1.56 bits per heavy atom. The van der Waals surface area contributed by atoms with E-state index in [4.69, 9.17) is 0 Å². The molecule has 0 spiro atoms. The third kappa shape index (κ3) is 2.75. The first kappa shape index (κ1) is 13.6. The maximum absolute atomic E-state index is 12.5. The number of likely N-dealkylation sites (N-methyl/N-ethyl adjacent to an activating group) is 1. The Bertz CT molecular complexity index is 447. The Kier molecular flexibility index (Phi) is 4.40. The van der Waals surface area contributed by atoms with E-state index in [1.807, 2.05) is 37.1 Å². The molecule has 1 aliphatic rings. The van der Waals surface area contributed by atoms with Crippen molar-refractivity contribution in [2.75, 3.05) is 20.1 Å². The zero-order valence-electron chi connectivity index (χ0n) is 10.9. The molecule has 1 saturated heterocycles. The van der Waals surface area contributed by atoms with Gasteiger partial charge in [-0.3, -0.25) is 4.79 Å². The molecular formula is C14H19BrN2O. The highest BCUT2D eigenvalue weighted by Crippen LogP contribution is 2.22. The van der Waals surface area contributed by atoms with Gasteiger partial charge in [0.2, 0.25) is 0 Å². The predicted octanol–water partition coefficient (Wildman–Crippen LogP) is 2.58. The summed E-state index contributed by atoms with van der Waals surface area (Å²) in [6.07, 6.45) is 2.20. The molecule has 1 aromatic carbocycles. The Balaban J connectivity index is 2.17. The van der Waals surface area contributed by atoms with E-state index in [0.29, 0.717) is 6.04 Å². The topological polar surface area (TPSA) is 32.3 Å². The third-order valence-corrected chi connectivity index (χ3v) is 4.37. The SMILES string of the molecule is CNCC1CCCN1C(=O)c1ccc(Br)c(C)c1. The Morgan fingerprint density at radius 3 is 3.00 bits per heavy atom. The van der Waals surface area contributed by atoms with Crippen molar-refractivity contribution in [1.29, 1.82) is 0 Å². The highest BCUT2D eigenvalue weighted by molar-refractivity contribution is 9.10. The van der Waals surface area contributed by atoms with Crippen LogP contribution in [-0.2, 0) is 0 Å². The number of nitrogens with one attached hydrogen (secondary N) is 1. The second-order valence-electron chi connectivity index (χ2n) is 4.82. The summed E-state index contributed by atoms with van der Waals surface area (Å²) in [5, 5.41) is 3.17. The van der Waals surface area contributed by atoms with Crippen molar-refractivity contribution in [3.05, 3.63) is 33.8 Å². The molecule has 0 aromatic heterocycles. The first-order valence-electron chi connectivity index (χ1n) is 6.35. The molecule has 4 heteroatoms. The maximum atomic E-state index is 12.5. The number of amides is 1. The van der Waals surface area contributed by atoms with E-state index in [0.717, 1.165) is 41.5 Å². The van der Waals surface area contributed by atoms with Crippen LogP contribution in [0.15, 0.2) is 22.7 Å². The summed E-state index contributed by atoms with van der Waals surface area (Å²) in [6, 6.07) is 6.15. The van der Waals surface area contributed by atoms with Gasteiger partial charge in [-0.1, -0.05) is 15.9 Å². The molecule has 2 rings (SSSR count). The first-order chi connectivity index (χ1) is 8.63. The summed E-state index contributed by atoms with van der Waals surface area (Å²) in [7, 11) is 1.94. The second kappa shape index (κ2) is 5.85. The third-order valence-electron chi connectivity index (χ3n) is 3.48. The van der Waals surface area contributed by atoms with Crippen molar-refractivity contribution in [2.24, 2.45) is 0 Å². The summed E-state index contributed by atoms with van der Waals surface area (Å²) in [5.74, 6) is 0.156. The van der Waals surface area contributed by atoms with Crippen LogP contribution in [0.5, 0.6) is 0 Å². The van der Waals surface area contributed by atoms with Crippen molar-refractivity contribution in [3.63, 3.8) is 0 Å². The van der Waals surface area contributed by atoms with Gasteiger partial charge in [-0.15, -0.1) is 0 Å². The molecule has 1 atom stereocenters. The quantitative estimate of drug-likeness (QED) is 0.930. The minimum Gasteiger partial charge on any atom is -0.334 e. The fourth-order valence-electron chi connectivity index (χ4n) is 2.49. The number of halogens is 1. The van der Waals surface area contributed by atoms with Crippen LogP contribution in [0.4, 0.5) is 0 Å². The van der Waals surface area contributed by atoms with Gasteiger partial charge in [-0.2, -0.15) is 0 Å². The van der Waals surface area contributed by atoms with Gasteiger partial charge in [0.25, 0.3) is 5.91 Å². The number of rotatable bonds is 3. The Morgan fingerprint density at radius 2 is 2.33 bits per heavy atom. The van der Waals surface area contributed by atoms with Crippen molar-refractivity contribution in [2.45, 2.75) is 25.8 Å². The average molecular weight is 311 g/mol. The van der Waals surface area contributed by atoms with Gasteiger partial charge in [0.1, 0.15) is 0 Å². The molecule has 0 saturated carbocycles. The molecule has 0 bridgehead atoms. The van der Waals surface area contributed by atoms with E-state index >= 15 is 0 Å². The Labute approximate surface area is 117 Å². The van der Waals surface area contributed by atoms with Crippen LogP contribution in [0.1, 0.15) is 28.8 Å². The average Bonchev–Trinajstić information content (AvgIpc) is 2.80. The van der Waals surface area contributed by atoms with Crippen LogP contribution in [-0.4, -0.2) is 37.0 Å². The van der Waals surface area contributed by atoms with Crippen LogP contribution in [0.3, 0.4) is 0 Å². The van der Waals surface area contributed by atoms with Crippen molar-refractivity contribution in [3.8, 4) is 0 Å². The molecule has 1 unspecified atom stereocenters.